The lowest BCUT2D eigenvalue weighted by Gasteiger charge is -2.30. The molecule has 1 aliphatic rings. The number of carbonyl (C=O) groups is 3. The van der Waals surface area contributed by atoms with Crippen LogP contribution in [0.2, 0.25) is 0 Å². The molecule has 7 heteroatoms. The van der Waals surface area contributed by atoms with E-state index in [1.165, 1.54) is 4.90 Å². The molecule has 0 bridgehead atoms. The number of carbonyl (C=O) groups excluding carboxylic acids is 2. The number of benzene rings is 2. The van der Waals surface area contributed by atoms with Gasteiger partial charge < -0.3 is 20.1 Å². The van der Waals surface area contributed by atoms with Gasteiger partial charge in [0.05, 0.1) is 0 Å². The van der Waals surface area contributed by atoms with E-state index in [9.17, 15) is 19.5 Å². The first-order valence-electron chi connectivity index (χ1n) is 11.4. The smallest absolute Gasteiger partial charge is 0.326 e. The Morgan fingerprint density at radius 1 is 1.06 bits per heavy atom. The molecule has 0 aromatic heterocycles. The minimum atomic E-state index is -1.08. The van der Waals surface area contributed by atoms with Crippen molar-refractivity contribution in [1.82, 2.24) is 5.32 Å². The first-order chi connectivity index (χ1) is 15.8. The summed E-state index contributed by atoms with van der Waals surface area (Å²) in [5, 5.41) is 12.1. The maximum atomic E-state index is 13.3. The third-order valence-corrected chi connectivity index (χ3v) is 5.79. The summed E-state index contributed by atoms with van der Waals surface area (Å²) in [6.45, 7) is 5.42. The highest BCUT2D eigenvalue weighted by atomic mass is 16.5. The van der Waals surface area contributed by atoms with Gasteiger partial charge in [-0.1, -0.05) is 50.2 Å². The number of ether oxygens (including phenoxy) is 1. The number of anilines is 1. The fraction of sp³-hybridized carbons (Fsp3) is 0.423. The standard InChI is InChI=1S/C26H32N2O5/c1-17(2)15-22(26(31)32)27-25(30)18(3)28(20-10-5-4-6-11-20)24(29)14-13-21-16-19-9-7-8-12-23(19)33-21/h4-12,17-18,21-22H,13-16H2,1-3H3,(H,27,30)(H,31,32)/t18-,21?,22-/m0/s1. The second kappa shape index (κ2) is 11.0. The molecule has 0 radical (unpaired) electrons. The topological polar surface area (TPSA) is 95.9 Å². The molecule has 0 spiro atoms. The van der Waals surface area contributed by atoms with Crippen molar-refractivity contribution < 1.29 is 24.2 Å². The van der Waals surface area contributed by atoms with E-state index in [4.69, 9.17) is 4.74 Å². The number of amides is 2. The van der Waals surface area contributed by atoms with Crippen molar-refractivity contribution in [3.63, 3.8) is 0 Å². The molecule has 176 valence electrons. The van der Waals surface area contributed by atoms with Crippen LogP contribution in [0.1, 0.15) is 45.6 Å². The minimum Gasteiger partial charge on any atom is -0.490 e. The summed E-state index contributed by atoms with van der Waals surface area (Å²) in [5.74, 6) is -0.833. The van der Waals surface area contributed by atoms with Crippen LogP contribution in [0, 0.1) is 5.92 Å². The van der Waals surface area contributed by atoms with E-state index in [0.717, 1.165) is 17.7 Å². The molecule has 0 saturated heterocycles. The highest BCUT2D eigenvalue weighted by Crippen LogP contribution is 2.30. The summed E-state index contributed by atoms with van der Waals surface area (Å²) in [7, 11) is 0. The number of para-hydroxylation sites is 2. The fourth-order valence-electron chi connectivity index (χ4n) is 4.09. The molecular formula is C26H32N2O5. The summed E-state index contributed by atoms with van der Waals surface area (Å²) >= 11 is 0. The molecule has 3 rings (SSSR count). The molecule has 3 atom stereocenters. The molecule has 33 heavy (non-hydrogen) atoms. The Hall–Kier alpha value is -3.35. The molecule has 1 aliphatic heterocycles. The molecular weight excluding hydrogens is 420 g/mol. The van der Waals surface area contributed by atoms with E-state index >= 15 is 0 Å². The number of hydrogen-bond donors (Lipinski definition) is 2. The Bertz CT molecular complexity index is 951. The molecule has 7 nitrogen and oxygen atoms in total. The Morgan fingerprint density at radius 3 is 2.36 bits per heavy atom. The Labute approximate surface area is 194 Å². The van der Waals surface area contributed by atoms with Crippen LogP contribution in [0.4, 0.5) is 5.69 Å². The van der Waals surface area contributed by atoms with Crippen molar-refractivity contribution in [2.24, 2.45) is 5.92 Å². The lowest BCUT2D eigenvalue weighted by atomic mass is 10.0. The molecule has 2 amide bonds. The number of carboxylic acid groups (broad SMARTS) is 1. The molecule has 1 heterocycles. The van der Waals surface area contributed by atoms with E-state index in [1.54, 1.807) is 31.2 Å². The Kier molecular flexibility index (Phi) is 8.09. The predicted molar refractivity (Wildman–Crippen MR) is 126 cm³/mol. The first-order valence-corrected chi connectivity index (χ1v) is 11.4. The van der Waals surface area contributed by atoms with Crippen molar-refractivity contribution in [1.29, 1.82) is 0 Å². The van der Waals surface area contributed by atoms with Crippen LogP contribution < -0.4 is 15.0 Å². The summed E-state index contributed by atoms with van der Waals surface area (Å²) in [6.07, 6.45) is 1.71. The highest BCUT2D eigenvalue weighted by molar-refractivity contribution is 6.01. The van der Waals surface area contributed by atoms with Gasteiger partial charge in [0.15, 0.2) is 0 Å². The average molecular weight is 453 g/mol. The normalized spacial score (nSPS) is 16.4. The maximum absolute atomic E-state index is 13.3. The molecule has 1 unspecified atom stereocenters. The number of fused-ring (bicyclic) bond motifs is 1. The SMILES string of the molecule is CC(C)C[C@H](NC(=O)[C@H](C)N(C(=O)CCC1Cc2ccccc2O1)c1ccccc1)C(=O)O. The van der Waals surface area contributed by atoms with Crippen LogP contribution in [0.5, 0.6) is 5.75 Å². The second-order valence-electron chi connectivity index (χ2n) is 8.89. The third kappa shape index (κ3) is 6.34. The van der Waals surface area contributed by atoms with E-state index in [-0.39, 0.29) is 24.3 Å². The minimum absolute atomic E-state index is 0.0875. The summed E-state index contributed by atoms with van der Waals surface area (Å²) < 4.78 is 5.95. The van der Waals surface area contributed by atoms with E-state index in [2.05, 4.69) is 5.32 Å². The van der Waals surface area contributed by atoms with Gasteiger partial charge in [-0.3, -0.25) is 9.59 Å². The Balaban J connectivity index is 1.69. The number of carboxylic acids is 1. The van der Waals surface area contributed by atoms with Gasteiger partial charge in [0, 0.05) is 18.5 Å². The van der Waals surface area contributed by atoms with Gasteiger partial charge in [-0.05, 0) is 49.4 Å². The number of nitrogens with one attached hydrogen (secondary N) is 1. The maximum Gasteiger partial charge on any atom is 0.326 e. The van der Waals surface area contributed by atoms with Crippen LogP contribution in [0.15, 0.2) is 54.6 Å². The van der Waals surface area contributed by atoms with Crippen LogP contribution >= 0.6 is 0 Å². The average Bonchev–Trinajstić information content (AvgIpc) is 3.20. The zero-order valence-electron chi connectivity index (χ0n) is 19.4. The number of rotatable bonds is 10. The first kappa shape index (κ1) is 24.3. The number of nitrogens with zero attached hydrogens (tertiary/aromatic N) is 1. The number of hydrogen-bond acceptors (Lipinski definition) is 4. The van der Waals surface area contributed by atoms with Crippen LogP contribution in [-0.2, 0) is 20.8 Å². The van der Waals surface area contributed by atoms with Crippen molar-refractivity contribution in [3.8, 4) is 5.75 Å². The highest BCUT2D eigenvalue weighted by Gasteiger charge is 2.31. The second-order valence-corrected chi connectivity index (χ2v) is 8.89. The van der Waals surface area contributed by atoms with Crippen LogP contribution in [0.3, 0.4) is 0 Å². The zero-order valence-corrected chi connectivity index (χ0v) is 19.4. The van der Waals surface area contributed by atoms with E-state index < -0.39 is 24.0 Å². The van der Waals surface area contributed by atoms with Crippen molar-refractivity contribution in [2.75, 3.05) is 4.90 Å². The van der Waals surface area contributed by atoms with Crippen LogP contribution in [0.25, 0.3) is 0 Å². The monoisotopic (exact) mass is 452 g/mol. The fourth-order valence-corrected chi connectivity index (χ4v) is 4.09. The third-order valence-electron chi connectivity index (χ3n) is 5.79. The van der Waals surface area contributed by atoms with Crippen LogP contribution in [-0.4, -0.2) is 41.1 Å². The van der Waals surface area contributed by atoms with Gasteiger partial charge in [0.1, 0.15) is 23.9 Å². The largest absolute Gasteiger partial charge is 0.490 e. The molecule has 0 aliphatic carbocycles. The van der Waals surface area contributed by atoms with Gasteiger partial charge in [-0.15, -0.1) is 0 Å². The van der Waals surface area contributed by atoms with Gasteiger partial charge >= 0.3 is 5.97 Å². The quantitative estimate of drug-likeness (QED) is 0.572. The molecule has 2 aromatic carbocycles. The van der Waals surface area contributed by atoms with Crippen molar-refractivity contribution in [3.05, 3.63) is 60.2 Å². The summed E-state index contributed by atoms with van der Waals surface area (Å²) in [6, 6.07) is 15.0. The van der Waals surface area contributed by atoms with E-state index in [0.29, 0.717) is 18.5 Å². The lowest BCUT2D eigenvalue weighted by molar-refractivity contribution is -0.142. The van der Waals surface area contributed by atoms with E-state index in [1.807, 2.05) is 44.2 Å². The predicted octanol–water partition coefficient (Wildman–Crippen LogP) is 3.81. The summed E-state index contributed by atoms with van der Waals surface area (Å²) in [5.41, 5.74) is 1.73. The van der Waals surface area contributed by atoms with Crippen molar-refractivity contribution in [2.45, 2.75) is 64.6 Å². The van der Waals surface area contributed by atoms with Gasteiger partial charge in [0.2, 0.25) is 11.8 Å². The van der Waals surface area contributed by atoms with Gasteiger partial charge in [-0.2, -0.15) is 0 Å². The van der Waals surface area contributed by atoms with Gasteiger partial charge in [0.25, 0.3) is 0 Å². The number of aliphatic carboxylic acids is 1. The molecule has 0 fully saturated rings. The lowest BCUT2D eigenvalue weighted by Crippen LogP contribution is -2.52. The molecule has 0 saturated carbocycles. The Morgan fingerprint density at radius 2 is 1.73 bits per heavy atom. The molecule has 2 aromatic rings. The molecule has 2 N–H and O–H groups in total. The van der Waals surface area contributed by atoms with Crippen molar-refractivity contribution >= 4 is 23.5 Å². The zero-order chi connectivity index (χ0) is 24.0. The summed E-state index contributed by atoms with van der Waals surface area (Å²) in [4.78, 5) is 39.3. The van der Waals surface area contributed by atoms with Gasteiger partial charge in [-0.25, -0.2) is 4.79 Å².